The molecular formula is C11H16N4O4. The summed E-state index contributed by atoms with van der Waals surface area (Å²) >= 11 is 0. The fraction of sp³-hybridized carbons (Fsp3) is 0.636. The van der Waals surface area contributed by atoms with E-state index in [0.717, 1.165) is 0 Å². The van der Waals surface area contributed by atoms with Crippen LogP contribution in [-0.2, 0) is 9.53 Å². The first-order valence-corrected chi connectivity index (χ1v) is 5.95. The molecule has 1 rings (SSSR count). The zero-order chi connectivity index (χ0) is 14.4. The lowest BCUT2D eigenvalue weighted by molar-refractivity contribution is -0.123. The van der Waals surface area contributed by atoms with Crippen molar-refractivity contribution in [3.63, 3.8) is 0 Å². The molecule has 0 aliphatic carbocycles. The summed E-state index contributed by atoms with van der Waals surface area (Å²) in [6.07, 6.45) is -0.603. The Labute approximate surface area is 110 Å². The smallest absolute Gasteiger partial charge is 0.410 e. The maximum absolute atomic E-state index is 11.4. The minimum Gasteiger partial charge on any atom is -0.439 e. The van der Waals surface area contributed by atoms with Crippen molar-refractivity contribution in [3.05, 3.63) is 0 Å². The van der Waals surface area contributed by atoms with Crippen LogP contribution in [0.4, 0.5) is 9.59 Å². The van der Waals surface area contributed by atoms with Crippen molar-refractivity contribution >= 4 is 18.0 Å². The SMILES string of the molecule is CCN(CC)C(=O)OCC(=O)NC(=O)N1CC1C#N. The largest absolute Gasteiger partial charge is 0.439 e. The highest BCUT2D eigenvalue weighted by atomic mass is 16.6. The molecule has 1 N–H and O–H groups in total. The highest BCUT2D eigenvalue weighted by Gasteiger charge is 2.39. The van der Waals surface area contributed by atoms with Crippen LogP contribution in [0.5, 0.6) is 0 Å². The Balaban J connectivity index is 2.27. The highest BCUT2D eigenvalue weighted by Crippen LogP contribution is 2.15. The number of rotatable bonds is 4. The first-order valence-electron chi connectivity index (χ1n) is 5.95. The molecule has 104 valence electrons. The van der Waals surface area contributed by atoms with Crippen LogP contribution in [0.1, 0.15) is 13.8 Å². The zero-order valence-electron chi connectivity index (χ0n) is 10.9. The normalized spacial score (nSPS) is 16.3. The number of urea groups is 1. The molecule has 0 spiro atoms. The van der Waals surface area contributed by atoms with Crippen molar-refractivity contribution in [2.24, 2.45) is 0 Å². The van der Waals surface area contributed by atoms with Crippen LogP contribution in [0.3, 0.4) is 0 Å². The summed E-state index contributed by atoms with van der Waals surface area (Å²) in [7, 11) is 0. The molecule has 1 unspecified atom stereocenters. The number of nitrogens with zero attached hydrogens (tertiary/aromatic N) is 3. The number of ether oxygens (including phenoxy) is 1. The average Bonchev–Trinajstić information content (AvgIpc) is 3.17. The van der Waals surface area contributed by atoms with Gasteiger partial charge in [0, 0.05) is 13.1 Å². The van der Waals surface area contributed by atoms with E-state index in [0.29, 0.717) is 19.6 Å². The fourth-order valence-corrected chi connectivity index (χ4v) is 1.40. The second-order valence-electron chi connectivity index (χ2n) is 3.88. The van der Waals surface area contributed by atoms with Gasteiger partial charge in [-0.15, -0.1) is 0 Å². The Bertz CT molecular complexity index is 413. The molecule has 8 nitrogen and oxygen atoms in total. The van der Waals surface area contributed by atoms with E-state index >= 15 is 0 Å². The van der Waals surface area contributed by atoms with Gasteiger partial charge in [0.25, 0.3) is 5.91 Å². The Kier molecular flexibility index (Phi) is 5.11. The Morgan fingerprint density at radius 1 is 1.42 bits per heavy atom. The third-order valence-electron chi connectivity index (χ3n) is 2.62. The van der Waals surface area contributed by atoms with Gasteiger partial charge in [-0.1, -0.05) is 0 Å². The zero-order valence-corrected chi connectivity index (χ0v) is 10.9. The number of hydrogen-bond donors (Lipinski definition) is 1. The molecule has 0 saturated carbocycles. The molecule has 4 amide bonds. The number of hydrogen-bond acceptors (Lipinski definition) is 5. The Hall–Kier alpha value is -2.30. The predicted octanol–water partition coefficient (Wildman–Crippen LogP) is -0.0912. The van der Waals surface area contributed by atoms with E-state index in [1.807, 2.05) is 11.4 Å². The van der Waals surface area contributed by atoms with Crippen molar-refractivity contribution < 1.29 is 19.1 Å². The average molecular weight is 268 g/mol. The molecule has 1 heterocycles. The lowest BCUT2D eigenvalue weighted by atomic mass is 10.5. The number of imide groups is 1. The number of nitrogens with one attached hydrogen (secondary N) is 1. The van der Waals surface area contributed by atoms with Gasteiger partial charge in [-0.05, 0) is 13.8 Å². The molecule has 0 radical (unpaired) electrons. The molecule has 8 heteroatoms. The molecular weight excluding hydrogens is 252 g/mol. The molecule has 0 bridgehead atoms. The molecule has 19 heavy (non-hydrogen) atoms. The summed E-state index contributed by atoms with van der Waals surface area (Å²) in [5, 5.41) is 10.6. The van der Waals surface area contributed by atoms with Crippen LogP contribution < -0.4 is 5.32 Å². The van der Waals surface area contributed by atoms with Gasteiger partial charge in [0.2, 0.25) is 0 Å². The molecule has 1 aliphatic heterocycles. The molecule has 1 saturated heterocycles. The van der Waals surface area contributed by atoms with Gasteiger partial charge in [-0.2, -0.15) is 5.26 Å². The molecule has 1 atom stereocenters. The van der Waals surface area contributed by atoms with E-state index < -0.39 is 30.7 Å². The minimum absolute atomic E-state index is 0.314. The standard InChI is InChI=1S/C11H16N4O4/c1-3-14(4-2)11(18)19-7-9(16)13-10(17)15-6-8(15)5-12/h8H,3-4,6-7H2,1-2H3,(H,13,16,17). The third-order valence-corrected chi connectivity index (χ3v) is 2.62. The second kappa shape index (κ2) is 6.58. The number of carbonyl (C=O) groups excluding carboxylic acids is 3. The molecule has 1 fully saturated rings. The molecule has 0 aromatic rings. The first kappa shape index (κ1) is 14.8. The van der Waals surface area contributed by atoms with Gasteiger partial charge < -0.3 is 14.5 Å². The number of amides is 4. The van der Waals surface area contributed by atoms with E-state index in [1.54, 1.807) is 13.8 Å². The van der Waals surface area contributed by atoms with Crippen LogP contribution in [-0.4, -0.2) is 60.1 Å². The summed E-state index contributed by atoms with van der Waals surface area (Å²) in [6, 6.07) is 0.776. The van der Waals surface area contributed by atoms with Gasteiger partial charge in [-0.3, -0.25) is 10.1 Å². The van der Waals surface area contributed by atoms with Crippen molar-refractivity contribution in [3.8, 4) is 6.07 Å². The van der Waals surface area contributed by atoms with E-state index in [2.05, 4.69) is 0 Å². The van der Waals surface area contributed by atoms with E-state index in [9.17, 15) is 14.4 Å². The van der Waals surface area contributed by atoms with Gasteiger partial charge in [-0.25, -0.2) is 9.59 Å². The van der Waals surface area contributed by atoms with Gasteiger partial charge in [0.15, 0.2) is 6.61 Å². The van der Waals surface area contributed by atoms with Gasteiger partial charge >= 0.3 is 12.1 Å². The maximum atomic E-state index is 11.4. The second-order valence-corrected chi connectivity index (χ2v) is 3.88. The quantitative estimate of drug-likeness (QED) is 0.718. The fourth-order valence-electron chi connectivity index (χ4n) is 1.40. The molecule has 0 aromatic heterocycles. The van der Waals surface area contributed by atoms with E-state index in [4.69, 9.17) is 10.00 Å². The summed E-state index contributed by atoms with van der Waals surface area (Å²) in [6.45, 7) is 4.33. The van der Waals surface area contributed by atoms with Crippen LogP contribution in [0.2, 0.25) is 0 Å². The van der Waals surface area contributed by atoms with Crippen molar-refractivity contribution in [2.45, 2.75) is 19.9 Å². The van der Waals surface area contributed by atoms with Crippen molar-refractivity contribution in [2.75, 3.05) is 26.2 Å². The predicted molar refractivity (Wildman–Crippen MR) is 63.9 cm³/mol. The maximum Gasteiger partial charge on any atom is 0.410 e. The summed E-state index contributed by atoms with van der Waals surface area (Å²) in [5.74, 6) is -0.714. The lowest BCUT2D eigenvalue weighted by Gasteiger charge is -2.17. The third kappa shape index (κ3) is 4.13. The topological polar surface area (TPSA) is 103 Å². The van der Waals surface area contributed by atoms with Crippen molar-refractivity contribution in [1.82, 2.24) is 15.1 Å². The highest BCUT2D eigenvalue weighted by molar-refractivity contribution is 5.96. The Morgan fingerprint density at radius 3 is 2.53 bits per heavy atom. The van der Waals surface area contributed by atoms with Gasteiger partial charge in [0.05, 0.1) is 12.6 Å². The van der Waals surface area contributed by atoms with E-state index in [1.165, 1.54) is 9.80 Å². The van der Waals surface area contributed by atoms with Crippen LogP contribution in [0.15, 0.2) is 0 Å². The van der Waals surface area contributed by atoms with Crippen LogP contribution in [0.25, 0.3) is 0 Å². The monoisotopic (exact) mass is 268 g/mol. The van der Waals surface area contributed by atoms with Crippen molar-refractivity contribution in [1.29, 1.82) is 5.26 Å². The lowest BCUT2D eigenvalue weighted by Crippen LogP contribution is -2.39. The molecule has 0 aromatic carbocycles. The van der Waals surface area contributed by atoms with E-state index in [-0.39, 0.29) is 0 Å². The summed E-state index contributed by atoms with van der Waals surface area (Å²) in [4.78, 5) is 36.7. The minimum atomic E-state index is -0.714. The van der Waals surface area contributed by atoms with Crippen LogP contribution >= 0.6 is 0 Å². The molecule has 1 aliphatic rings. The summed E-state index contributed by atoms with van der Waals surface area (Å²) < 4.78 is 4.74. The first-order chi connectivity index (χ1) is 9.03. The Morgan fingerprint density at radius 2 is 2.05 bits per heavy atom. The number of carbonyl (C=O) groups is 3. The van der Waals surface area contributed by atoms with Crippen LogP contribution in [0, 0.1) is 11.3 Å². The number of nitriles is 1. The summed E-state index contributed by atoms with van der Waals surface area (Å²) in [5.41, 5.74) is 0. The van der Waals surface area contributed by atoms with Gasteiger partial charge in [0.1, 0.15) is 6.04 Å².